The topological polar surface area (TPSA) is 72.1 Å². The highest BCUT2D eigenvalue weighted by Gasteiger charge is 2.19. The summed E-state index contributed by atoms with van der Waals surface area (Å²) in [5.74, 6) is 0.573. The molecule has 5 nitrogen and oxygen atoms in total. The van der Waals surface area contributed by atoms with Crippen molar-refractivity contribution in [3.63, 3.8) is 0 Å². The van der Waals surface area contributed by atoms with Gasteiger partial charge in [0.2, 0.25) is 0 Å². The molecular formula is C19H18N4O. The predicted molar refractivity (Wildman–Crippen MR) is 94.5 cm³/mol. The zero-order valence-electron chi connectivity index (χ0n) is 13.3. The van der Waals surface area contributed by atoms with Crippen LogP contribution in [0.2, 0.25) is 0 Å². The maximum Gasteiger partial charge on any atom is 0.253 e. The van der Waals surface area contributed by atoms with E-state index in [9.17, 15) is 4.79 Å². The van der Waals surface area contributed by atoms with Gasteiger partial charge in [-0.3, -0.25) is 4.79 Å². The van der Waals surface area contributed by atoms with E-state index in [0.29, 0.717) is 5.82 Å². The van der Waals surface area contributed by atoms with Crippen molar-refractivity contribution >= 4 is 22.6 Å². The first-order valence-corrected chi connectivity index (χ1v) is 8.12. The van der Waals surface area contributed by atoms with Crippen molar-refractivity contribution in [2.45, 2.75) is 12.8 Å². The number of rotatable bonds is 2. The average Bonchev–Trinajstić information content (AvgIpc) is 3.16. The number of fused-ring (bicyclic) bond motifs is 1. The highest BCUT2D eigenvalue weighted by atomic mass is 16.2. The monoisotopic (exact) mass is 318 g/mol. The molecule has 1 amide bonds. The molecule has 1 aliphatic rings. The molecular weight excluding hydrogens is 300 g/mol. The van der Waals surface area contributed by atoms with E-state index in [-0.39, 0.29) is 5.91 Å². The molecule has 2 aromatic carbocycles. The summed E-state index contributed by atoms with van der Waals surface area (Å²) in [5, 5.41) is 0.825. The Kier molecular flexibility index (Phi) is 3.61. The van der Waals surface area contributed by atoms with Gasteiger partial charge in [-0.2, -0.15) is 0 Å². The van der Waals surface area contributed by atoms with Crippen LogP contribution in [0.1, 0.15) is 23.2 Å². The number of nitrogen functional groups attached to an aromatic ring is 1. The second-order valence-corrected chi connectivity index (χ2v) is 6.07. The SMILES string of the molecule is Nc1ncnc2ccc(-c3cccc(C(=O)N4CCCC4)c3)cc12. The molecule has 0 bridgehead atoms. The molecule has 3 aromatic rings. The summed E-state index contributed by atoms with van der Waals surface area (Å²) in [6, 6.07) is 13.6. The minimum atomic E-state index is 0.109. The lowest BCUT2D eigenvalue weighted by Crippen LogP contribution is -2.27. The molecule has 0 radical (unpaired) electrons. The van der Waals surface area contributed by atoms with Crippen LogP contribution in [0.15, 0.2) is 48.8 Å². The maximum atomic E-state index is 12.6. The molecule has 5 heteroatoms. The van der Waals surface area contributed by atoms with Crippen molar-refractivity contribution in [3.8, 4) is 11.1 Å². The quantitative estimate of drug-likeness (QED) is 0.788. The number of amides is 1. The minimum absolute atomic E-state index is 0.109. The number of carbonyl (C=O) groups excluding carboxylic acids is 1. The van der Waals surface area contributed by atoms with Gasteiger partial charge >= 0.3 is 0 Å². The normalized spacial score (nSPS) is 14.2. The van der Waals surface area contributed by atoms with Crippen LogP contribution in [0.3, 0.4) is 0 Å². The lowest BCUT2D eigenvalue weighted by Gasteiger charge is -2.15. The summed E-state index contributed by atoms with van der Waals surface area (Å²) in [7, 11) is 0. The molecule has 0 atom stereocenters. The lowest BCUT2D eigenvalue weighted by atomic mass is 10.0. The van der Waals surface area contributed by atoms with E-state index in [4.69, 9.17) is 5.73 Å². The van der Waals surface area contributed by atoms with Gasteiger partial charge in [0.05, 0.1) is 5.52 Å². The Morgan fingerprint density at radius 3 is 2.62 bits per heavy atom. The van der Waals surface area contributed by atoms with E-state index in [2.05, 4.69) is 9.97 Å². The molecule has 2 heterocycles. The second-order valence-electron chi connectivity index (χ2n) is 6.07. The van der Waals surface area contributed by atoms with Gasteiger partial charge in [-0.15, -0.1) is 0 Å². The van der Waals surface area contributed by atoms with Gasteiger partial charge in [0.15, 0.2) is 0 Å². The molecule has 1 aromatic heterocycles. The maximum absolute atomic E-state index is 12.6. The van der Waals surface area contributed by atoms with E-state index >= 15 is 0 Å². The van der Waals surface area contributed by atoms with Gasteiger partial charge < -0.3 is 10.6 Å². The average molecular weight is 318 g/mol. The predicted octanol–water partition coefficient (Wildman–Crippen LogP) is 3.12. The van der Waals surface area contributed by atoms with Gasteiger partial charge in [-0.05, 0) is 48.2 Å². The van der Waals surface area contributed by atoms with E-state index in [1.54, 1.807) is 0 Å². The number of likely N-dealkylation sites (tertiary alicyclic amines) is 1. The number of hydrogen-bond donors (Lipinski definition) is 1. The number of hydrogen-bond acceptors (Lipinski definition) is 4. The molecule has 1 fully saturated rings. The van der Waals surface area contributed by atoms with Gasteiger partial charge in [0, 0.05) is 24.0 Å². The Morgan fingerprint density at radius 2 is 1.79 bits per heavy atom. The number of nitrogens with zero attached hydrogens (tertiary/aromatic N) is 3. The zero-order chi connectivity index (χ0) is 16.5. The molecule has 0 spiro atoms. The van der Waals surface area contributed by atoms with Gasteiger partial charge in [-0.1, -0.05) is 18.2 Å². The van der Waals surface area contributed by atoms with Crippen LogP contribution in [-0.4, -0.2) is 33.9 Å². The number of carbonyl (C=O) groups is 1. The summed E-state index contributed by atoms with van der Waals surface area (Å²) in [5.41, 5.74) is 9.49. The lowest BCUT2D eigenvalue weighted by molar-refractivity contribution is 0.0793. The van der Waals surface area contributed by atoms with Crippen LogP contribution in [0.4, 0.5) is 5.82 Å². The minimum Gasteiger partial charge on any atom is -0.383 e. The Morgan fingerprint density at radius 1 is 1.00 bits per heavy atom. The van der Waals surface area contributed by atoms with Crippen molar-refractivity contribution in [2.75, 3.05) is 18.8 Å². The number of anilines is 1. The summed E-state index contributed by atoms with van der Waals surface area (Å²) in [4.78, 5) is 22.8. The van der Waals surface area contributed by atoms with Crippen LogP contribution in [-0.2, 0) is 0 Å². The third kappa shape index (κ3) is 2.58. The fraction of sp³-hybridized carbons (Fsp3) is 0.211. The molecule has 120 valence electrons. The fourth-order valence-electron chi connectivity index (χ4n) is 3.19. The first kappa shape index (κ1) is 14.6. The van der Waals surface area contributed by atoms with Crippen molar-refractivity contribution in [1.29, 1.82) is 0 Å². The molecule has 2 N–H and O–H groups in total. The Bertz CT molecular complexity index is 916. The largest absolute Gasteiger partial charge is 0.383 e. The Labute approximate surface area is 140 Å². The van der Waals surface area contributed by atoms with E-state index in [0.717, 1.165) is 53.5 Å². The summed E-state index contributed by atoms with van der Waals surface area (Å²) in [6.07, 6.45) is 3.65. The summed E-state index contributed by atoms with van der Waals surface area (Å²) in [6.45, 7) is 1.71. The van der Waals surface area contributed by atoms with Gasteiger partial charge in [0.25, 0.3) is 5.91 Å². The van der Waals surface area contributed by atoms with Crippen molar-refractivity contribution in [1.82, 2.24) is 14.9 Å². The first-order chi connectivity index (χ1) is 11.7. The first-order valence-electron chi connectivity index (χ1n) is 8.12. The standard InChI is InChI=1S/C19H18N4O/c20-18-16-11-14(6-7-17(16)21-12-22-18)13-4-3-5-15(10-13)19(24)23-8-1-2-9-23/h3-7,10-12H,1-2,8-9H2,(H2,20,21,22). The molecule has 0 unspecified atom stereocenters. The van der Waals surface area contributed by atoms with Crippen LogP contribution in [0.25, 0.3) is 22.0 Å². The molecule has 0 saturated carbocycles. The number of nitrogens with two attached hydrogens (primary N) is 1. The van der Waals surface area contributed by atoms with Crippen molar-refractivity contribution in [2.24, 2.45) is 0 Å². The molecule has 1 saturated heterocycles. The smallest absolute Gasteiger partial charge is 0.253 e. The van der Waals surface area contributed by atoms with E-state index in [1.165, 1.54) is 6.33 Å². The third-order valence-corrected chi connectivity index (χ3v) is 4.50. The third-order valence-electron chi connectivity index (χ3n) is 4.50. The van der Waals surface area contributed by atoms with Crippen molar-refractivity contribution in [3.05, 3.63) is 54.4 Å². The molecule has 1 aliphatic heterocycles. The van der Waals surface area contributed by atoms with E-state index in [1.807, 2.05) is 47.4 Å². The van der Waals surface area contributed by atoms with Crippen molar-refractivity contribution < 1.29 is 4.79 Å². The molecule has 0 aliphatic carbocycles. The van der Waals surface area contributed by atoms with Gasteiger partial charge in [0.1, 0.15) is 12.1 Å². The number of benzene rings is 2. The Hall–Kier alpha value is -2.95. The van der Waals surface area contributed by atoms with Crippen LogP contribution < -0.4 is 5.73 Å². The molecule has 4 rings (SSSR count). The highest BCUT2D eigenvalue weighted by Crippen LogP contribution is 2.27. The van der Waals surface area contributed by atoms with E-state index < -0.39 is 0 Å². The highest BCUT2D eigenvalue weighted by molar-refractivity contribution is 5.96. The fourth-order valence-corrected chi connectivity index (χ4v) is 3.19. The molecule has 24 heavy (non-hydrogen) atoms. The zero-order valence-corrected chi connectivity index (χ0v) is 13.3. The van der Waals surface area contributed by atoms with Crippen LogP contribution in [0.5, 0.6) is 0 Å². The van der Waals surface area contributed by atoms with Crippen LogP contribution in [0, 0.1) is 0 Å². The van der Waals surface area contributed by atoms with Crippen LogP contribution >= 0.6 is 0 Å². The second kappa shape index (κ2) is 5.92. The van der Waals surface area contributed by atoms with Gasteiger partial charge in [-0.25, -0.2) is 9.97 Å². The number of aromatic nitrogens is 2. The Balaban J connectivity index is 1.73. The summed E-state index contributed by atoms with van der Waals surface area (Å²) < 4.78 is 0. The summed E-state index contributed by atoms with van der Waals surface area (Å²) >= 11 is 0.